The molecule has 1 aliphatic rings. The minimum absolute atomic E-state index is 0.0229. The Hall–Kier alpha value is -0.270. The van der Waals surface area contributed by atoms with E-state index < -0.39 is 9.84 Å². The molecule has 1 atom stereocenters. The second-order valence-electron chi connectivity index (χ2n) is 3.61. The molecule has 1 rings (SSSR count). The van der Waals surface area contributed by atoms with Crippen LogP contribution in [0.3, 0.4) is 0 Å². The molecule has 0 aliphatic carbocycles. The highest BCUT2D eigenvalue weighted by molar-refractivity contribution is 7.99. The van der Waals surface area contributed by atoms with Crippen molar-refractivity contribution >= 4 is 27.5 Å². The molecule has 2 N–H and O–H groups in total. The molecule has 0 radical (unpaired) electrons. The van der Waals surface area contributed by atoms with Crippen LogP contribution in [-0.2, 0) is 14.6 Å². The van der Waals surface area contributed by atoms with E-state index in [2.05, 4.69) is 10.6 Å². The fourth-order valence-corrected chi connectivity index (χ4v) is 2.97. The molecule has 1 fully saturated rings. The highest BCUT2D eigenvalue weighted by atomic mass is 32.2. The summed E-state index contributed by atoms with van der Waals surface area (Å²) in [6.45, 7) is 2.64. The first kappa shape index (κ1) is 13.8. The quantitative estimate of drug-likeness (QED) is 0.684. The van der Waals surface area contributed by atoms with Crippen LogP contribution in [0.2, 0.25) is 0 Å². The number of hydrogen-bond acceptors (Lipinski definition) is 5. The summed E-state index contributed by atoms with van der Waals surface area (Å²) in [6.07, 6.45) is 0. The van der Waals surface area contributed by atoms with Crippen molar-refractivity contribution in [1.82, 2.24) is 10.6 Å². The van der Waals surface area contributed by atoms with Crippen molar-refractivity contribution in [1.29, 1.82) is 0 Å². The van der Waals surface area contributed by atoms with E-state index in [4.69, 9.17) is 0 Å². The van der Waals surface area contributed by atoms with E-state index in [9.17, 15) is 13.2 Å². The van der Waals surface area contributed by atoms with Gasteiger partial charge in [-0.1, -0.05) is 6.92 Å². The Kier molecular flexibility index (Phi) is 5.57. The molecular formula is C9H18N2O3S2. The Bertz CT molecular complexity index is 324. The molecule has 0 aromatic rings. The van der Waals surface area contributed by atoms with Crippen LogP contribution in [0.15, 0.2) is 0 Å². The lowest BCUT2D eigenvalue weighted by Gasteiger charge is -2.22. The second kappa shape index (κ2) is 6.46. The predicted octanol–water partition coefficient (Wildman–Crippen LogP) is -0.758. The van der Waals surface area contributed by atoms with Gasteiger partial charge in [0.25, 0.3) is 0 Å². The number of rotatable bonds is 5. The van der Waals surface area contributed by atoms with Crippen molar-refractivity contribution in [3.8, 4) is 0 Å². The molecule has 1 heterocycles. The third-order valence-corrected chi connectivity index (χ3v) is 5.16. The van der Waals surface area contributed by atoms with Gasteiger partial charge in [-0.25, -0.2) is 8.42 Å². The number of carbonyl (C=O) groups excluding carboxylic acids is 1. The van der Waals surface area contributed by atoms with Gasteiger partial charge in [0.1, 0.15) is 0 Å². The lowest BCUT2D eigenvalue weighted by Crippen LogP contribution is -2.49. The van der Waals surface area contributed by atoms with E-state index in [0.29, 0.717) is 0 Å². The van der Waals surface area contributed by atoms with Gasteiger partial charge in [-0.15, -0.1) is 0 Å². The standard InChI is InChI=1S/C9H18N2O3S2/c1-2-16(13,14)6-4-11-9(12)8-7-15-5-3-10-8/h8,10H,2-7H2,1H3,(H,11,12). The molecule has 0 aromatic carbocycles. The van der Waals surface area contributed by atoms with Crippen molar-refractivity contribution in [3.63, 3.8) is 0 Å². The van der Waals surface area contributed by atoms with Gasteiger partial charge in [-0.2, -0.15) is 11.8 Å². The third kappa shape index (κ3) is 4.71. The summed E-state index contributed by atoms with van der Waals surface area (Å²) in [5.41, 5.74) is 0. The average molecular weight is 266 g/mol. The van der Waals surface area contributed by atoms with E-state index in [1.54, 1.807) is 18.7 Å². The fourth-order valence-electron chi connectivity index (χ4n) is 1.33. The van der Waals surface area contributed by atoms with Crippen LogP contribution in [-0.4, -0.2) is 56.5 Å². The molecule has 16 heavy (non-hydrogen) atoms. The van der Waals surface area contributed by atoms with E-state index in [-0.39, 0.29) is 30.0 Å². The molecule has 1 unspecified atom stereocenters. The molecule has 0 aromatic heterocycles. The fraction of sp³-hybridized carbons (Fsp3) is 0.889. The molecule has 1 amide bonds. The van der Waals surface area contributed by atoms with Gasteiger partial charge >= 0.3 is 0 Å². The minimum Gasteiger partial charge on any atom is -0.354 e. The molecular weight excluding hydrogens is 248 g/mol. The summed E-state index contributed by atoms with van der Waals surface area (Å²) in [5, 5.41) is 5.75. The topological polar surface area (TPSA) is 75.3 Å². The molecule has 7 heteroatoms. The largest absolute Gasteiger partial charge is 0.354 e. The van der Waals surface area contributed by atoms with Crippen LogP contribution in [0, 0.1) is 0 Å². The van der Waals surface area contributed by atoms with Crippen LogP contribution >= 0.6 is 11.8 Å². The van der Waals surface area contributed by atoms with Crippen molar-refractivity contribution in [3.05, 3.63) is 0 Å². The number of carbonyl (C=O) groups is 1. The van der Waals surface area contributed by atoms with E-state index in [1.807, 2.05) is 0 Å². The SMILES string of the molecule is CCS(=O)(=O)CCNC(=O)C1CSCCN1. The number of amides is 1. The van der Waals surface area contributed by atoms with Gasteiger partial charge in [0, 0.05) is 30.3 Å². The van der Waals surface area contributed by atoms with Crippen molar-refractivity contribution in [2.24, 2.45) is 0 Å². The van der Waals surface area contributed by atoms with Gasteiger partial charge in [-0.3, -0.25) is 4.79 Å². The number of nitrogens with one attached hydrogen (secondary N) is 2. The first-order valence-electron chi connectivity index (χ1n) is 5.34. The smallest absolute Gasteiger partial charge is 0.238 e. The highest BCUT2D eigenvalue weighted by Crippen LogP contribution is 2.07. The van der Waals surface area contributed by atoms with Gasteiger partial charge in [0.2, 0.25) is 5.91 Å². The Balaban J connectivity index is 2.24. The molecule has 0 bridgehead atoms. The molecule has 1 saturated heterocycles. The van der Waals surface area contributed by atoms with Gasteiger partial charge < -0.3 is 10.6 Å². The second-order valence-corrected chi connectivity index (χ2v) is 7.23. The van der Waals surface area contributed by atoms with Crippen LogP contribution in [0.5, 0.6) is 0 Å². The monoisotopic (exact) mass is 266 g/mol. The Morgan fingerprint density at radius 1 is 1.56 bits per heavy atom. The van der Waals surface area contributed by atoms with Crippen LogP contribution in [0.1, 0.15) is 6.92 Å². The molecule has 0 spiro atoms. The molecule has 94 valence electrons. The minimum atomic E-state index is -2.99. The molecule has 0 saturated carbocycles. The van der Waals surface area contributed by atoms with Crippen LogP contribution in [0.25, 0.3) is 0 Å². The van der Waals surface area contributed by atoms with Crippen LogP contribution in [0.4, 0.5) is 0 Å². The maximum atomic E-state index is 11.6. The third-order valence-electron chi connectivity index (χ3n) is 2.39. The Morgan fingerprint density at radius 3 is 2.88 bits per heavy atom. The first-order chi connectivity index (χ1) is 7.55. The summed E-state index contributed by atoms with van der Waals surface area (Å²) in [4.78, 5) is 11.6. The lowest BCUT2D eigenvalue weighted by atomic mass is 10.3. The van der Waals surface area contributed by atoms with E-state index in [1.165, 1.54) is 0 Å². The zero-order valence-corrected chi connectivity index (χ0v) is 11.0. The van der Waals surface area contributed by atoms with Crippen LogP contribution < -0.4 is 10.6 Å². The molecule has 5 nitrogen and oxygen atoms in total. The van der Waals surface area contributed by atoms with Crippen molar-refractivity contribution in [2.75, 3.05) is 36.1 Å². The summed E-state index contributed by atoms with van der Waals surface area (Å²) >= 11 is 1.73. The van der Waals surface area contributed by atoms with E-state index >= 15 is 0 Å². The maximum absolute atomic E-state index is 11.6. The average Bonchev–Trinajstić information content (AvgIpc) is 2.30. The lowest BCUT2D eigenvalue weighted by molar-refractivity contribution is -0.122. The summed E-state index contributed by atoms with van der Waals surface area (Å²) in [6, 6.07) is -0.178. The summed E-state index contributed by atoms with van der Waals surface area (Å²) in [5.74, 6) is 1.83. The zero-order chi connectivity index (χ0) is 12.0. The number of hydrogen-bond donors (Lipinski definition) is 2. The van der Waals surface area contributed by atoms with Crippen molar-refractivity contribution < 1.29 is 13.2 Å². The summed E-state index contributed by atoms with van der Waals surface area (Å²) < 4.78 is 22.4. The predicted molar refractivity (Wildman–Crippen MR) is 66.5 cm³/mol. The van der Waals surface area contributed by atoms with Crippen molar-refractivity contribution in [2.45, 2.75) is 13.0 Å². The van der Waals surface area contributed by atoms with Gasteiger partial charge in [-0.05, 0) is 0 Å². The summed E-state index contributed by atoms with van der Waals surface area (Å²) in [7, 11) is -2.99. The number of thioether (sulfide) groups is 1. The first-order valence-corrected chi connectivity index (χ1v) is 8.32. The number of sulfone groups is 1. The molecule has 1 aliphatic heterocycles. The Labute approximate surface area is 101 Å². The normalized spacial score (nSPS) is 21.7. The van der Waals surface area contributed by atoms with Gasteiger partial charge in [0.15, 0.2) is 9.84 Å². The van der Waals surface area contributed by atoms with E-state index in [0.717, 1.165) is 18.1 Å². The highest BCUT2D eigenvalue weighted by Gasteiger charge is 2.20. The van der Waals surface area contributed by atoms with Gasteiger partial charge in [0.05, 0.1) is 11.8 Å². The zero-order valence-electron chi connectivity index (χ0n) is 9.36. The Morgan fingerprint density at radius 2 is 2.31 bits per heavy atom. The maximum Gasteiger partial charge on any atom is 0.238 e.